The molecule has 2 aliphatic rings. The van der Waals surface area contributed by atoms with Gasteiger partial charge in [0, 0.05) is 31.2 Å². The van der Waals surface area contributed by atoms with Crippen LogP contribution >= 0.6 is 0 Å². The number of carbonyl (C=O) groups excluding carboxylic acids is 2. The fourth-order valence-electron chi connectivity index (χ4n) is 3.81. The van der Waals surface area contributed by atoms with Crippen LogP contribution in [0.2, 0.25) is 0 Å². The Kier molecular flexibility index (Phi) is 5.74. The van der Waals surface area contributed by atoms with Crippen LogP contribution in [0, 0.1) is 6.92 Å². The fourth-order valence-corrected chi connectivity index (χ4v) is 3.81. The largest absolute Gasteiger partial charge is 0.329 e. The summed E-state index contributed by atoms with van der Waals surface area (Å²) < 4.78 is 0. The second kappa shape index (κ2) is 8.00. The molecule has 1 atom stereocenters. The molecule has 2 saturated heterocycles. The molecule has 2 aliphatic heterocycles. The van der Waals surface area contributed by atoms with Crippen molar-refractivity contribution in [2.45, 2.75) is 45.6 Å². The first-order valence-electron chi connectivity index (χ1n) is 9.43. The number of rotatable bonds is 4. The second-order valence-corrected chi connectivity index (χ2v) is 7.37. The van der Waals surface area contributed by atoms with E-state index >= 15 is 0 Å². The van der Waals surface area contributed by atoms with E-state index in [1.54, 1.807) is 4.90 Å². The zero-order valence-corrected chi connectivity index (χ0v) is 15.4. The zero-order valence-electron chi connectivity index (χ0n) is 15.4. The molecular formula is C20H29N3O2. The van der Waals surface area contributed by atoms with Crippen LogP contribution in [0.15, 0.2) is 24.3 Å². The van der Waals surface area contributed by atoms with Gasteiger partial charge in [0.2, 0.25) is 11.8 Å². The number of piperazine rings is 1. The molecule has 0 unspecified atom stereocenters. The molecule has 3 rings (SSSR count). The third kappa shape index (κ3) is 4.40. The van der Waals surface area contributed by atoms with E-state index in [4.69, 9.17) is 0 Å². The van der Waals surface area contributed by atoms with Crippen molar-refractivity contribution >= 4 is 17.5 Å². The molecule has 2 fully saturated rings. The van der Waals surface area contributed by atoms with Gasteiger partial charge in [0.05, 0.1) is 0 Å². The Balaban J connectivity index is 1.57. The van der Waals surface area contributed by atoms with Crippen molar-refractivity contribution in [1.29, 1.82) is 0 Å². The Hall–Kier alpha value is -1.88. The topological polar surface area (TPSA) is 43.9 Å². The third-order valence-electron chi connectivity index (χ3n) is 5.31. The maximum atomic E-state index is 12.6. The summed E-state index contributed by atoms with van der Waals surface area (Å²) in [5.74, 6) is 0.116. The standard InChI is InChI=1S/C20H29N3O2/c1-16-7-6-8-18(13-16)23-14-17(2)22(15-20(23)25)19(24)9-12-21-10-4-3-5-11-21/h6-8,13,17H,3-5,9-12,14-15H2,1-2H3/t17-/m0/s1. The lowest BCUT2D eigenvalue weighted by molar-refractivity contribution is -0.139. The Bertz CT molecular complexity index is 625. The summed E-state index contributed by atoms with van der Waals surface area (Å²) in [6, 6.07) is 8.03. The molecule has 0 aliphatic carbocycles. The van der Waals surface area contributed by atoms with E-state index in [1.165, 1.54) is 19.3 Å². The Morgan fingerprint density at radius 1 is 1.20 bits per heavy atom. The number of aryl methyl sites for hydroxylation is 1. The Labute approximate surface area is 150 Å². The average Bonchev–Trinajstić information content (AvgIpc) is 2.62. The van der Waals surface area contributed by atoms with Crippen molar-refractivity contribution in [2.24, 2.45) is 0 Å². The molecule has 25 heavy (non-hydrogen) atoms. The number of amides is 2. The van der Waals surface area contributed by atoms with Crippen molar-refractivity contribution in [3.8, 4) is 0 Å². The third-order valence-corrected chi connectivity index (χ3v) is 5.31. The summed E-state index contributed by atoms with van der Waals surface area (Å²) in [5.41, 5.74) is 2.07. The molecule has 0 radical (unpaired) electrons. The smallest absolute Gasteiger partial charge is 0.246 e. The number of carbonyl (C=O) groups is 2. The highest BCUT2D eigenvalue weighted by Gasteiger charge is 2.33. The van der Waals surface area contributed by atoms with E-state index in [0.717, 1.165) is 30.9 Å². The predicted octanol–water partition coefficient (Wildman–Crippen LogP) is 2.43. The molecular weight excluding hydrogens is 314 g/mol. The van der Waals surface area contributed by atoms with E-state index in [9.17, 15) is 9.59 Å². The van der Waals surface area contributed by atoms with Gasteiger partial charge in [-0.15, -0.1) is 0 Å². The molecule has 0 bridgehead atoms. The highest BCUT2D eigenvalue weighted by atomic mass is 16.2. The van der Waals surface area contributed by atoms with Gasteiger partial charge in [-0.2, -0.15) is 0 Å². The predicted molar refractivity (Wildman–Crippen MR) is 99.6 cm³/mol. The van der Waals surface area contributed by atoms with Crippen LogP contribution in [0.3, 0.4) is 0 Å². The second-order valence-electron chi connectivity index (χ2n) is 7.37. The molecule has 5 nitrogen and oxygen atoms in total. The van der Waals surface area contributed by atoms with Gasteiger partial charge in [0.15, 0.2) is 0 Å². The highest BCUT2D eigenvalue weighted by Crippen LogP contribution is 2.22. The molecule has 5 heteroatoms. The van der Waals surface area contributed by atoms with Gasteiger partial charge in [0.25, 0.3) is 0 Å². The number of hydrogen-bond donors (Lipinski definition) is 0. The van der Waals surface area contributed by atoms with Crippen LogP contribution in [0.5, 0.6) is 0 Å². The van der Waals surface area contributed by atoms with Crippen molar-refractivity contribution in [2.75, 3.05) is 37.6 Å². The quantitative estimate of drug-likeness (QED) is 0.843. The number of nitrogens with zero attached hydrogens (tertiary/aromatic N) is 3. The van der Waals surface area contributed by atoms with Gasteiger partial charge in [-0.1, -0.05) is 18.6 Å². The maximum Gasteiger partial charge on any atom is 0.246 e. The van der Waals surface area contributed by atoms with Gasteiger partial charge in [-0.05, 0) is 57.5 Å². The number of benzene rings is 1. The van der Waals surface area contributed by atoms with E-state index in [0.29, 0.717) is 13.0 Å². The molecule has 1 aromatic rings. The van der Waals surface area contributed by atoms with Crippen LogP contribution in [0.1, 0.15) is 38.2 Å². The summed E-state index contributed by atoms with van der Waals surface area (Å²) in [4.78, 5) is 31.2. The van der Waals surface area contributed by atoms with Crippen LogP contribution in [-0.2, 0) is 9.59 Å². The van der Waals surface area contributed by atoms with E-state index in [2.05, 4.69) is 4.90 Å². The van der Waals surface area contributed by atoms with Gasteiger partial charge in [-0.25, -0.2) is 0 Å². The highest BCUT2D eigenvalue weighted by molar-refractivity contribution is 5.98. The molecule has 0 spiro atoms. The fraction of sp³-hybridized carbons (Fsp3) is 0.600. The molecule has 0 aromatic heterocycles. The van der Waals surface area contributed by atoms with Crippen LogP contribution < -0.4 is 4.90 Å². The molecule has 2 amide bonds. The summed E-state index contributed by atoms with van der Waals surface area (Å²) in [6.07, 6.45) is 4.29. The van der Waals surface area contributed by atoms with Crippen LogP contribution in [0.4, 0.5) is 5.69 Å². The normalized spacial score (nSPS) is 22.3. The Morgan fingerprint density at radius 2 is 1.96 bits per heavy atom. The number of piperidine rings is 1. The van der Waals surface area contributed by atoms with Crippen molar-refractivity contribution in [3.63, 3.8) is 0 Å². The minimum absolute atomic E-state index is 0.00928. The molecule has 0 N–H and O–H groups in total. The van der Waals surface area contributed by atoms with E-state index < -0.39 is 0 Å². The maximum absolute atomic E-state index is 12.6. The monoisotopic (exact) mass is 343 g/mol. The summed E-state index contributed by atoms with van der Waals surface area (Å²) >= 11 is 0. The van der Waals surface area contributed by atoms with Gasteiger partial charge in [-0.3, -0.25) is 9.59 Å². The molecule has 1 aromatic carbocycles. The lowest BCUT2D eigenvalue weighted by atomic mass is 10.1. The first-order valence-corrected chi connectivity index (χ1v) is 9.43. The van der Waals surface area contributed by atoms with E-state index in [-0.39, 0.29) is 24.4 Å². The molecule has 0 saturated carbocycles. The summed E-state index contributed by atoms with van der Waals surface area (Å²) in [6.45, 7) is 7.83. The lowest BCUT2D eigenvalue weighted by Gasteiger charge is -2.40. The van der Waals surface area contributed by atoms with Crippen molar-refractivity contribution in [3.05, 3.63) is 29.8 Å². The summed E-state index contributed by atoms with van der Waals surface area (Å²) in [7, 11) is 0. The first kappa shape index (κ1) is 17.9. The van der Waals surface area contributed by atoms with Gasteiger partial charge in [0.1, 0.15) is 6.54 Å². The first-order chi connectivity index (χ1) is 12.0. The van der Waals surface area contributed by atoms with Crippen LogP contribution in [-0.4, -0.2) is 60.4 Å². The van der Waals surface area contributed by atoms with Gasteiger partial charge < -0.3 is 14.7 Å². The van der Waals surface area contributed by atoms with Gasteiger partial charge >= 0.3 is 0 Å². The number of likely N-dealkylation sites (tertiary alicyclic amines) is 1. The summed E-state index contributed by atoms with van der Waals surface area (Å²) in [5, 5.41) is 0. The zero-order chi connectivity index (χ0) is 17.8. The van der Waals surface area contributed by atoms with Crippen molar-refractivity contribution in [1.82, 2.24) is 9.80 Å². The van der Waals surface area contributed by atoms with Crippen molar-refractivity contribution < 1.29 is 9.59 Å². The Morgan fingerprint density at radius 3 is 2.68 bits per heavy atom. The SMILES string of the molecule is Cc1cccc(N2C[C@H](C)N(C(=O)CCN3CCCCC3)CC2=O)c1. The number of hydrogen-bond acceptors (Lipinski definition) is 3. The van der Waals surface area contributed by atoms with E-state index in [1.807, 2.05) is 43.0 Å². The van der Waals surface area contributed by atoms with Crippen LogP contribution in [0.25, 0.3) is 0 Å². The number of anilines is 1. The molecule has 136 valence electrons. The minimum Gasteiger partial charge on any atom is -0.329 e. The minimum atomic E-state index is 0.00928. The molecule has 2 heterocycles. The lowest BCUT2D eigenvalue weighted by Crippen LogP contribution is -2.57. The average molecular weight is 343 g/mol.